The van der Waals surface area contributed by atoms with Crippen molar-refractivity contribution in [1.29, 1.82) is 0 Å². The third kappa shape index (κ3) is 1.83. The molecule has 1 N–H and O–H groups in total. The van der Waals surface area contributed by atoms with Crippen molar-refractivity contribution < 1.29 is 9.72 Å². The SMILES string of the molecule is O=C1CC2=C(Cc3ccc([N+](=O)[O-])cc32)c2ccccc2N1. The predicted molar refractivity (Wildman–Crippen MR) is 83.3 cm³/mol. The van der Waals surface area contributed by atoms with Crippen LogP contribution in [0.3, 0.4) is 0 Å². The number of fused-ring (bicyclic) bond motifs is 4. The van der Waals surface area contributed by atoms with Gasteiger partial charge in [-0.25, -0.2) is 0 Å². The number of anilines is 1. The topological polar surface area (TPSA) is 72.2 Å². The first-order chi connectivity index (χ1) is 10.6. The Morgan fingerprint density at radius 2 is 1.77 bits per heavy atom. The number of nitro benzene ring substituents is 1. The molecule has 4 rings (SSSR count). The Balaban J connectivity index is 1.93. The average Bonchev–Trinajstić information content (AvgIpc) is 2.78. The van der Waals surface area contributed by atoms with E-state index in [2.05, 4.69) is 5.32 Å². The van der Waals surface area contributed by atoms with Gasteiger partial charge in [0, 0.05) is 23.4 Å². The van der Waals surface area contributed by atoms with Crippen molar-refractivity contribution in [2.45, 2.75) is 12.8 Å². The molecule has 0 saturated carbocycles. The first kappa shape index (κ1) is 12.8. The molecule has 5 heteroatoms. The summed E-state index contributed by atoms with van der Waals surface area (Å²) in [5.74, 6) is -0.0863. The molecular formula is C17H12N2O3. The molecule has 0 aromatic heterocycles. The van der Waals surface area contributed by atoms with Gasteiger partial charge >= 0.3 is 0 Å². The van der Waals surface area contributed by atoms with Crippen LogP contribution in [-0.4, -0.2) is 10.8 Å². The molecule has 0 fully saturated rings. The zero-order valence-corrected chi connectivity index (χ0v) is 11.6. The highest BCUT2D eigenvalue weighted by atomic mass is 16.6. The fourth-order valence-electron chi connectivity index (χ4n) is 3.24. The lowest BCUT2D eigenvalue weighted by atomic mass is 9.98. The number of non-ortho nitro benzene ring substituents is 1. The van der Waals surface area contributed by atoms with Gasteiger partial charge in [-0.15, -0.1) is 0 Å². The third-order valence-electron chi connectivity index (χ3n) is 4.22. The number of amides is 1. The second-order valence-corrected chi connectivity index (χ2v) is 5.50. The maximum Gasteiger partial charge on any atom is 0.270 e. The first-order valence-electron chi connectivity index (χ1n) is 7.02. The minimum atomic E-state index is -0.399. The summed E-state index contributed by atoms with van der Waals surface area (Å²) in [6.45, 7) is 0. The smallest absolute Gasteiger partial charge is 0.270 e. The van der Waals surface area contributed by atoms with Crippen molar-refractivity contribution in [2.24, 2.45) is 0 Å². The van der Waals surface area contributed by atoms with Crippen molar-refractivity contribution >= 4 is 28.4 Å². The Kier molecular flexibility index (Phi) is 2.63. The van der Waals surface area contributed by atoms with Gasteiger partial charge in [0.2, 0.25) is 5.91 Å². The summed E-state index contributed by atoms with van der Waals surface area (Å²) in [5, 5.41) is 13.9. The number of carbonyl (C=O) groups is 1. The molecule has 2 aromatic rings. The van der Waals surface area contributed by atoms with Gasteiger partial charge in [0.25, 0.3) is 5.69 Å². The van der Waals surface area contributed by atoms with E-state index in [-0.39, 0.29) is 18.0 Å². The molecule has 0 radical (unpaired) electrons. The normalized spacial score (nSPS) is 15.5. The van der Waals surface area contributed by atoms with Gasteiger partial charge in [-0.1, -0.05) is 24.3 Å². The molecule has 0 atom stereocenters. The number of rotatable bonds is 1. The van der Waals surface area contributed by atoms with Crippen LogP contribution in [-0.2, 0) is 11.2 Å². The van der Waals surface area contributed by atoms with Crippen molar-refractivity contribution in [3.8, 4) is 0 Å². The lowest BCUT2D eigenvalue weighted by molar-refractivity contribution is -0.384. The van der Waals surface area contributed by atoms with Crippen LogP contribution < -0.4 is 5.32 Å². The average molecular weight is 292 g/mol. The van der Waals surface area contributed by atoms with Gasteiger partial charge in [0.15, 0.2) is 0 Å². The molecule has 1 aliphatic heterocycles. The van der Waals surface area contributed by atoms with Gasteiger partial charge in [-0.3, -0.25) is 14.9 Å². The summed E-state index contributed by atoms with van der Waals surface area (Å²) in [6, 6.07) is 12.6. The number of nitrogens with zero attached hydrogens (tertiary/aromatic N) is 1. The zero-order chi connectivity index (χ0) is 15.3. The second-order valence-electron chi connectivity index (χ2n) is 5.50. The first-order valence-corrected chi connectivity index (χ1v) is 7.02. The Morgan fingerprint density at radius 3 is 2.59 bits per heavy atom. The standard InChI is InChI=1S/C17H12N2O3/c20-17-9-15-13-8-11(19(21)22)6-5-10(13)7-14(15)12-3-1-2-4-16(12)18-17/h1-6,8H,7,9H2,(H,18,20). The number of allylic oxidation sites excluding steroid dienone is 1. The fourth-order valence-corrected chi connectivity index (χ4v) is 3.24. The molecule has 0 bridgehead atoms. The summed E-state index contributed by atoms with van der Waals surface area (Å²) in [4.78, 5) is 22.7. The van der Waals surface area contributed by atoms with E-state index in [1.165, 1.54) is 6.07 Å². The molecule has 0 unspecified atom stereocenters. The van der Waals surface area contributed by atoms with Gasteiger partial charge < -0.3 is 5.32 Å². The molecule has 1 heterocycles. The van der Waals surface area contributed by atoms with E-state index in [4.69, 9.17) is 0 Å². The molecule has 22 heavy (non-hydrogen) atoms. The molecule has 5 nitrogen and oxygen atoms in total. The number of nitrogens with one attached hydrogen (secondary N) is 1. The van der Waals surface area contributed by atoms with Crippen molar-refractivity contribution in [3.63, 3.8) is 0 Å². The Bertz CT molecular complexity index is 868. The number of para-hydroxylation sites is 1. The van der Waals surface area contributed by atoms with Gasteiger partial charge in [0.1, 0.15) is 0 Å². The van der Waals surface area contributed by atoms with Crippen molar-refractivity contribution in [3.05, 3.63) is 69.3 Å². The minimum Gasteiger partial charge on any atom is -0.325 e. The highest BCUT2D eigenvalue weighted by Gasteiger charge is 2.29. The summed E-state index contributed by atoms with van der Waals surface area (Å²) < 4.78 is 0. The van der Waals surface area contributed by atoms with Crippen LogP contribution in [0.25, 0.3) is 11.1 Å². The maximum absolute atomic E-state index is 12.1. The lowest BCUT2D eigenvalue weighted by Gasteiger charge is -2.08. The molecular weight excluding hydrogens is 280 g/mol. The minimum absolute atomic E-state index is 0.0606. The zero-order valence-electron chi connectivity index (χ0n) is 11.6. The summed E-state index contributed by atoms with van der Waals surface area (Å²) >= 11 is 0. The van der Waals surface area contributed by atoms with E-state index in [0.717, 1.165) is 33.5 Å². The monoisotopic (exact) mass is 292 g/mol. The number of hydrogen-bond donors (Lipinski definition) is 1. The van der Waals surface area contributed by atoms with Crippen LogP contribution in [0.1, 0.15) is 23.1 Å². The quantitative estimate of drug-likeness (QED) is 0.646. The second kappa shape index (κ2) is 4.53. The van der Waals surface area contributed by atoms with Crippen LogP contribution in [0.4, 0.5) is 11.4 Å². The highest BCUT2D eigenvalue weighted by Crippen LogP contribution is 2.44. The Hall–Kier alpha value is -2.95. The van der Waals surface area contributed by atoms with E-state index in [1.54, 1.807) is 12.1 Å². The molecule has 0 saturated heterocycles. The molecule has 1 aliphatic carbocycles. The van der Waals surface area contributed by atoms with Crippen LogP contribution in [0.2, 0.25) is 0 Å². The van der Waals surface area contributed by atoms with Gasteiger partial charge in [0.05, 0.1) is 11.3 Å². The van der Waals surface area contributed by atoms with Gasteiger partial charge in [-0.05, 0) is 34.8 Å². The van der Waals surface area contributed by atoms with E-state index < -0.39 is 4.92 Å². The largest absolute Gasteiger partial charge is 0.325 e. The molecule has 108 valence electrons. The number of carbonyl (C=O) groups excluding carboxylic acids is 1. The number of nitro groups is 1. The highest BCUT2D eigenvalue weighted by molar-refractivity contribution is 6.12. The third-order valence-corrected chi connectivity index (χ3v) is 4.22. The van der Waals surface area contributed by atoms with Crippen LogP contribution in [0.5, 0.6) is 0 Å². The predicted octanol–water partition coefficient (Wildman–Crippen LogP) is 3.40. The number of hydrogen-bond acceptors (Lipinski definition) is 3. The summed E-state index contributed by atoms with van der Waals surface area (Å²) in [6.07, 6.45) is 0.951. The molecule has 1 amide bonds. The molecule has 0 spiro atoms. The van der Waals surface area contributed by atoms with E-state index in [9.17, 15) is 14.9 Å². The summed E-state index contributed by atoms with van der Waals surface area (Å²) in [7, 11) is 0. The van der Waals surface area contributed by atoms with E-state index in [1.807, 2.05) is 24.3 Å². The van der Waals surface area contributed by atoms with Crippen molar-refractivity contribution in [1.82, 2.24) is 0 Å². The van der Waals surface area contributed by atoms with E-state index >= 15 is 0 Å². The molecule has 2 aromatic carbocycles. The van der Waals surface area contributed by atoms with Crippen LogP contribution >= 0.6 is 0 Å². The van der Waals surface area contributed by atoms with Crippen molar-refractivity contribution in [2.75, 3.05) is 5.32 Å². The maximum atomic E-state index is 12.1. The molecule has 2 aliphatic rings. The van der Waals surface area contributed by atoms with Crippen LogP contribution in [0, 0.1) is 10.1 Å². The van der Waals surface area contributed by atoms with Gasteiger partial charge in [-0.2, -0.15) is 0 Å². The van der Waals surface area contributed by atoms with Crippen LogP contribution in [0.15, 0.2) is 42.5 Å². The van der Waals surface area contributed by atoms with E-state index in [0.29, 0.717) is 6.42 Å². The Morgan fingerprint density at radius 1 is 1.00 bits per heavy atom. The Labute approximate surface area is 126 Å². The fraction of sp³-hybridized carbons (Fsp3) is 0.118. The summed E-state index contributed by atoms with van der Waals surface area (Å²) in [5.41, 5.74) is 5.73. The number of benzene rings is 2. The lowest BCUT2D eigenvalue weighted by Crippen LogP contribution is -2.10.